The van der Waals surface area contributed by atoms with Gasteiger partial charge in [-0.2, -0.15) is 0 Å². The van der Waals surface area contributed by atoms with Gasteiger partial charge in [0.2, 0.25) is 0 Å². The number of hydrogen-bond donors (Lipinski definition) is 1. The van der Waals surface area contributed by atoms with Crippen LogP contribution in [0.15, 0.2) is 30.5 Å². The highest BCUT2D eigenvalue weighted by molar-refractivity contribution is 7.09. The number of aromatic nitrogens is 2. The van der Waals surface area contributed by atoms with Crippen molar-refractivity contribution in [3.05, 3.63) is 41.6 Å². The molecule has 0 spiro atoms. The van der Waals surface area contributed by atoms with Gasteiger partial charge in [0, 0.05) is 11.5 Å². The molecule has 1 aliphatic carbocycles. The van der Waals surface area contributed by atoms with Crippen LogP contribution in [-0.2, 0) is 0 Å². The third-order valence-electron chi connectivity index (χ3n) is 3.47. The molecule has 0 saturated heterocycles. The summed E-state index contributed by atoms with van der Waals surface area (Å²) in [5, 5.41) is 8.45. The molecule has 3 rings (SSSR count). The van der Waals surface area contributed by atoms with Gasteiger partial charge in [-0.3, -0.25) is 0 Å². The zero-order valence-corrected chi connectivity index (χ0v) is 10.6. The third kappa shape index (κ3) is 2.05. The lowest BCUT2D eigenvalue weighted by Gasteiger charge is -2.30. The van der Waals surface area contributed by atoms with Gasteiger partial charge in [0.15, 0.2) is 0 Å². The van der Waals surface area contributed by atoms with Crippen LogP contribution in [0.2, 0.25) is 0 Å². The molecule has 1 heterocycles. The molecule has 0 aliphatic heterocycles. The van der Waals surface area contributed by atoms with Crippen molar-refractivity contribution in [3.63, 3.8) is 0 Å². The van der Waals surface area contributed by atoms with Gasteiger partial charge in [0.05, 0.1) is 12.2 Å². The molecule has 2 unspecified atom stereocenters. The van der Waals surface area contributed by atoms with Gasteiger partial charge in [0.25, 0.3) is 0 Å². The molecule has 0 amide bonds. The van der Waals surface area contributed by atoms with Crippen LogP contribution in [0.4, 0.5) is 5.00 Å². The topological polar surface area (TPSA) is 37.8 Å². The van der Waals surface area contributed by atoms with E-state index in [1.165, 1.54) is 35.5 Å². The molecule has 2 aromatic rings. The SMILES string of the molecule is CC1CCC(Nc2cnns2)c2ccccc21. The minimum atomic E-state index is 0.407. The van der Waals surface area contributed by atoms with E-state index in [0.29, 0.717) is 12.0 Å². The molecule has 3 nitrogen and oxygen atoms in total. The first-order valence-corrected chi connectivity index (χ1v) is 6.74. The number of anilines is 1. The van der Waals surface area contributed by atoms with Crippen LogP contribution in [0, 0.1) is 0 Å². The van der Waals surface area contributed by atoms with E-state index in [1.807, 2.05) is 0 Å². The summed E-state index contributed by atoms with van der Waals surface area (Å²) in [5.74, 6) is 0.670. The molecular weight excluding hydrogens is 230 g/mol. The molecule has 0 radical (unpaired) electrons. The lowest BCUT2D eigenvalue weighted by Crippen LogP contribution is -2.18. The zero-order chi connectivity index (χ0) is 11.7. The lowest BCUT2D eigenvalue weighted by atomic mass is 9.81. The average molecular weight is 245 g/mol. The maximum absolute atomic E-state index is 3.89. The van der Waals surface area contributed by atoms with Gasteiger partial charge in [-0.15, -0.1) is 5.10 Å². The maximum atomic E-state index is 3.89. The summed E-state index contributed by atoms with van der Waals surface area (Å²) in [6.45, 7) is 2.31. The fourth-order valence-corrected chi connectivity index (χ4v) is 3.03. The van der Waals surface area contributed by atoms with E-state index >= 15 is 0 Å². The molecule has 1 aromatic heterocycles. The van der Waals surface area contributed by atoms with Crippen LogP contribution in [-0.4, -0.2) is 9.59 Å². The highest BCUT2D eigenvalue weighted by Crippen LogP contribution is 2.38. The van der Waals surface area contributed by atoms with E-state index in [9.17, 15) is 0 Å². The monoisotopic (exact) mass is 245 g/mol. The Labute approximate surface area is 105 Å². The van der Waals surface area contributed by atoms with Crippen molar-refractivity contribution in [1.29, 1.82) is 0 Å². The molecule has 17 heavy (non-hydrogen) atoms. The predicted octanol–water partition coefficient (Wildman–Crippen LogP) is 3.59. The van der Waals surface area contributed by atoms with Gasteiger partial charge in [0.1, 0.15) is 5.00 Å². The Kier molecular flexibility index (Phi) is 2.81. The van der Waals surface area contributed by atoms with Crippen molar-refractivity contribution in [3.8, 4) is 0 Å². The molecule has 0 fully saturated rings. The first-order valence-electron chi connectivity index (χ1n) is 5.97. The van der Waals surface area contributed by atoms with Crippen molar-refractivity contribution in [2.24, 2.45) is 0 Å². The number of benzene rings is 1. The van der Waals surface area contributed by atoms with Crippen LogP contribution >= 0.6 is 11.5 Å². The predicted molar refractivity (Wildman–Crippen MR) is 70.4 cm³/mol. The summed E-state index contributed by atoms with van der Waals surface area (Å²) in [6.07, 6.45) is 4.21. The molecular formula is C13H15N3S. The minimum absolute atomic E-state index is 0.407. The van der Waals surface area contributed by atoms with Gasteiger partial charge in [-0.1, -0.05) is 35.7 Å². The molecule has 2 atom stereocenters. The fraction of sp³-hybridized carbons (Fsp3) is 0.385. The Morgan fingerprint density at radius 1 is 1.24 bits per heavy atom. The van der Waals surface area contributed by atoms with Crippen LogP contribution in [0.3, 0.4) is 0 Å². The fourth-order valence-electron chi connectivity index (χ4n) is 2.56. The largest absolute Gasteiger partial charge is 0.368 e. The summed E-state index contributed by atoms with van der Waals surface area (Å²) >= 11 is 1.42. The molecule has 88 valence electrons. The molecule has 1 N–H and O–H groups in total. The van der Waals surface area contributed by atoms with E-state index < -0.39 is 0 Å². The second-order valence-corrected chi connectivity index (χ2v) is 5.37. The van der Waals surface area contributed by atoms with Gasteiger partial charge in [-0.25, -0.2) is 0 Å². The molecule has 4 heteroatoms. The van der Waals surface area contributed by atoms with Gasteiger partial charge < -0.3 is 5.32 Å². The van der Waals surface area contributed by atoms with Gasteiger partial charge in [-0.05, 0) is 29.9 Å². The van der Waals surface area contributed by atoms with E-state index in [1.54, 1.807) is 6.20 Å². The van der Waals surface area contributed by atoms with Crippen molar-refractivity contribution in [2.45, 2.75) is 31.7 Å². The average Bonchev–Trinajstić information content (AvgIpc) is 2.86. The van der Waals surface area contributed by atoms with Crippen LogP contribution < -0.4 is 5.32 Å². The van der Waals surface area contributed by atoms with Crippen molar-refractivity contribution in [2.75, 3.05) is 5.32 Å². The Morgan fingerprint density at radius 2 is 2.06 bits per heavy atom. The second kappa shape index (κ2) is 4.45. The smallest absolute Gasteiger partial charge is 0.130 e. The van der Waals surface area contributed by atoms with Crippen molar-refractivity contribution in [1.82, 2.24) is 9.59 Å². The zero-order valence-electron chi connectivity index (χ0n) is 9.76. The lowest BCUT2D eigenvalue weighted by molar-refractivity contribution is 0.535. The number of hydrogen-bond acceptors (Lipinski definition) is 4. The normalized spacial score (nSPS) is 23.1. The Balaban J connectivity index is 1.90. The van der Waals surface area contributed by atoms with E-state index in [0.717, 1.165) is 5.00 Å². The van der Waals surface area contributed by atoms with Crippen molar-refractivity contribution < 1.29 is 0 Å². The first kappa shape index (κ1) is 10.7. The standard InChI is InChI=1S/C13H15N3S/c1-9-6-7-12(15-13-8-14-16-17-13)11-5-3-2-4-10(9)11/h2-5,8-9,12,15H,6-7H2,1H3. The Hall–Kier alpha value is -1.42. The molecule has 1 aliphatic rings. The molecule has 0 bridgehead atoms. The first-order chi connectivity index (χ1) is 8.34. The Bertz CT molecular complexity index is 495. The number of fused-ring (bicyclic) bond motifs is 1. The summed E-state index contributed by atoms with van der Waals surface area (Å²) in [4.78, 5) is 0. The highest BCUT2D eigenvalue weighted by Gasteiger charge is 2.24. The summed E-state index contributed by atoms with van der Waals surface area (Å²) in [6, 6.07) is 9.14. The van der Waals surface area contributed by atoms with Crippen LogP contribution in [0.25, 0.3) is 0 Å². The Morgan fingerprint density at radius 3 is 2.82 bits per heavy atom. The minimum Gasteiger partial charge on any atom is -0.368 e. The molecule has 1 aromatic carbocycles. The number of rotatable bonds is 2. The van der Waals surface area contributed by atoms with E-state index in [4.69, 9.17) is 0 Å². The summed E-state index contributed by atoms with van der Waals surface area (Å²) in [5.41, 5.74) is 2.91. The summed E-state index contributed by atoms with van der Waals surface area (Å²) in [7, 11) is 0. The number of nitrogens with zero attached hydrogens (tertiary/aromatic N) is 2. The maximum Gasteiger partial charge on any atom is 0.130 e. The van der Waals surface area contributed by atoms with E-state index in [2.05, 4.69) is 46.1 Å². The van der Waals surface area contributed by atoms with Crippen LogP contribution in [0.5, 0.6) is 0 Å². The summed E-state index contributed by atoms with van der Waals surface area (Å²) < 4.78 is 3.89. The highest BCUT2D eigenvalue weighted by atomic mass is 32.1. The van der Waals surface area contributed by atoms with Gasteiger partial charge >= 0.3 is 0 Å². The quantitative estimate of drug-likeness (QED) is 0.878. The third-order valence-corrected chi connectivity index (χ3v) is 4.06. The van der Waals surface area contributed by atoms with Crippen LogP contribution in [0.1, 0.15) is 42.9 Å². The number of nitrogens with one attached hydrogen (secondary N) is 1. The molecule has 0 saturated carbocycles. The second-order valence-electron chi connectivity index (χ2n) is 4.59. The van der Waals surface area contributed by atoms with Crippen molar-refractivity contribution >= 4 is 16.5 Å². The van der Waals surface area contributed by atoms with E-state index in [-0.39, 0.29) is 0 Å².